The molecule has 0 radical (unpaired) electrons. The summed E-state index contributed by atoms with van der Waals surface area (Å²) in [5, 5.41) is 0. The largest absolute Gasteiger partial charge is 0.399 e. The molecule has 0 saturated carbocycles. The van der Waals surface area contributed by atoms with E-state index in [2.05, 4.69) is 41.1 Å². The fraction of sp³-hybridized carbons (Fsp3) is 0.556. The first-order chi connectivity index (χ1) is 15.1. The highest BCUT2D eigenvalue weighted by atomic mass is 15.1. The number of benzene rings is 2. The van der Waals surface area contributed by atoms with Crippen molar-refractivity contribution in [3.8, 4) is 0 Å². The number of nitrogen functional groups attached to an aromatic ring is 2. The molecule has 4 nitrogen and oxygen atoms in total. The molecule has 2 aromatic rings. The monoisotopic (exact) mass is 428 g/mol. The predicted octanol–water partition coefficient (Wildman–Crippen LogP) is 7.06. The second kappa shape index (κ2) is 17.3. The Bertz CT molecular complexity index is 644. The zero-order valence-electron chi connectivity index (χ0n) is 21.2. The van der Waals surface area contributed by atoms with Crippen LogP contribution >= 0.6 is 0 Å². The lowest BCUT2D eigenvalue weighted by Crippen LogP contribution is -2.33. The highest BCUT2D eigenvalue weighted by molar-refractivity contribution is 5.53. The SMILES string of the molecule is CC.CC.CC.CN(CCCC1CCN(c2ccc(N)cc2)CC1)c1ccc(N)cc1. The van der Waals surface area contributed by atoms with Crippen molar-refractivity contribution in [2.24, 2.45) is 5.92 Å². The third-order valence-electron chi connectivity index (χ3n) is 5.31. The molecule has 4 heteroatoms. The van der Waals surface area contributed by atoms with Crippen LogP contribution in [-0.2, 0) is 0 Å². The summed E-state index contributed by atoms with van der Waals surface area (Å²) in [6.45, 7) is 15.4. The standard InChI is InChI=1S/C21H30N4.3C2H6/c1-24(20-8-4-18(22)5-9-20)14-2-3-17-12-15-25(16-13-17)21-10-6-19(23)7-11-21;3*1-2/h4-11,17H,2-3,12-16,22-23H2,1H3;3*1-2H3. The lowest BCUT2D eigenvalue weighted by Gasteiger charge is -2.34. The van der Waals surface area contributed by atoms with Crippen LogP contribution < -0.4 is 21.3 Å². The molecule has 0 aliphatic carbocycles. The molecule has 1 aliphatic rings. The molecule has 1 saturated heterocycles. The van der Waals surface area contributed by atoms with Crippen LogP contribution in [0.1, 0.15) is 67.2 Å². The van der Waals surface area contributed by atoms with E-state index in [4.69, 9.17) is 11.5 Å². The van der Waals surface area contributed by atoms with Crippen molar-refractivity contribution >= 4 is 22.7 Å². The third kappa shape index (κ3) is 10.5. The van der Waals surface area contributed by atoms with Gasteiger partial charge >= 0.3 is 0 Å². The first-order valence-corrected chi connectivity index (χ1v) is 12.3. The fourth-order valence-electron chi connectivity index (χ4n) is 3.64. The number of nitrogens with two attached hydrogens (primary N) is 2. The van der Waals surface area contributed by atoms with Gasteiger partial charge in [0.05, 0.1) is 0 Å². The van der Waals surface area contributed by atoms with Crippen molar-refractivity contribution in [1.29, 1.82) is 0 Å². The van der Waals surface area contributed by atoms with Crippen LogP contribution in [0.5, 0.6) is 0 Å². The lowest BCUT2D eigenvalue weighted by molar-refractivity contribution is 0.374. The summed E-state index contributed by atoms with van der Waals surface area (Å²) in [6, 6.07) is 16.4. The smallest absolute Gasteiger partial charge is 0.0367 e. The van der Waals surface area contributed by atoms with Gasteiger partial charge in [-0.2, -0.15) is 0 Å². The van der Waals surface area contributed by atoms with Crippen molar-refractivity contribution in [2.45, 2.75) is 67.2 Å². The minimum Gasteiger partial charge on any atom is -0.399 e. The summed E-state index contributed by atoms with van der Waals surface area (Å²) in [5.41, 5.74) is 15.7. The normalized spacial score (nSPS) is 12.9. The van der Waals surface area contributed by atoms with Gasteiger partial charge in [-0.3, -0.25) is 0 Å². The van der Waals surface area contributed by atoms with E-state index in [1.165, 1.54) is 37.1 Å². The molecule has 4 N–H and O–H groups in total. The number of nitrogens with zero attached hydrogens (tertiary/aromatic N) is 2. The summed E-state index contributed by atoms with van der Waals surface area (Å²) in [6.07, 6.45) is 5.13. The van der Waals surface area contributed by atoms with Gasteiger partial charge in [0, 0.05) is 49.4 Å². The van der Waals surface area contributed by atoms with E-state index < -0.39 is 0 Å². The van der Waals surface area contributed by atoms with Gasteiger partial charge in [0.25, 0.3) is 0 Å². The highest BCUT2D eigenvalue weighted by Gasteiger charge is 2.19. The summed E-state index contributed by atoms with van der Waals surface area (Å²) in [5.74, 6) is 0.852. The molecule has 0 unspecified atom stereocenters. The van der Waals surface area contributed by atoms with Gasteiger partial charge in [-0.05, 0) is 80.1 Å². The van der Waals surface area contributed by atoms with Crippen LogP contribution in [0, 0.1) is 5.92 Å². The van der Waals surface area contributed by atoms with E-state index in [1.807, 2.05) is 65.8 Å². The van der Waals surface area contributed by atoms with Gasteiger partial charge in [-0.1, -0.05) is 41.5 Å². The van der Waals surface area contributed by atoms with Crippen LogP contribution in [0.4, 0.5) is 22.7 Å². The topological polar surface area (TPSA) is 58.5 Å². The Balaban J connectivity index is 0.00000138. The zero-order valence-corrected chi connectivity index (χ0v) is 21.2. The molecule has 1 fully saturated rings. The van der Waals surface area contributed by atoms with E-state index >= 15 is 0 Å². The fourth-order valence-corrected chi connectivity index (χ4v) is 3.64. The van der Waals surface area contributed by atoms with Crippen LogP contribution in [0.3, 0.4) is 0 Å². The van der Waals surface area contributed by atoms with E-state index in [-0.39, 0.29) is 0 Å². The molecule has 0 aromatic heterocycles. The van der Waals surface area contributed by atoms with Crippen molar-refractivity contribution in [1.82, 2.24) is 0 Å². The molecule has 1 aliphatic heterocycles. The first-order valence-electron chi connectivity index (χ1n) is 12.3. The molecule has 0 spiro atoms. The second-order valence-electron chi connectivity index (χ2n) is 7.18. The van der Waals surface area contributed by atoms with Gasteiger partial charge in [0.1, 0.15) is 0 Å². The van der Waals surface area contributed by atoms with E-state index in [1.54, 1.807) is 0 Å². The van der Waals surface area contributed by atoms with E-state index in [9.17, 15) is 0 Å². The number of hydrogen-bond donors (Lipinski definition) is 2. The average Bonchev–Trinajstić information content (AvgIpc) is 2.84. The van der Waals surface area contributed by atoms with Crippen molar-refractivity contribution < 1.29 is 0 Å². The second-order valence-corrected chi connectivity index (χ2v) is 7.18. The number of piperidine rings is 1. The maximum atomic E-state index is 5.78. The van der Waals surface area contributed by atoms with Crippen molar-refractivity contribution in [3.63, 3.8) is 0 Å². The zero-order chi connectivity index (χ0) is 23.6. The molecular weight excluding hydrogens is 380 g/mol. The average molecular weight is 429 g/mol. The predicted molar refractivity (Wildman–Crippen MR) is 143 cm³/mol. The van der Waals surface area contributed by atoms with Crippen LogP contribution in [-0.4, -0.2) is 26.7 Å². The Morgan fingerprint density at radius 1 is 0.774 bits per heavy atom. The third-order valence-corrected chi connectivity index (χ3v) is 5.31. The molecular formula is C27H48N4. The first kappa shape index (κ1) is 28.6. The molecule has 1 heterocycles. The molecule has 0 bridgehead atoms. The molecule has 176 valence electrons. The van der Waals surface area contributed by atoms with Gasteiger partial charge in [0.15, 0.2) is 0 Å². The maximum Gasteiger partial charge on any atom is 0.0367 e. The van der Waals surface area contributed by atoms with Gasteiger partial charge < -0.3 is 21.3 Å². The van der Waals surface area contributed by atoms with Crippen molar-refractivity contribution in [2.75, 3.05) is 47.9 Å². The lowest BCUT2D eigenvalue weighted by atomic mass is 9.92. The molecule has 3 rings (SSSR count). The number of rotatable bonds is 6. The Labute approximate surface area is 192 Å². The summed E-state index contributed by atoms with van der Waals surface area (Å²) in [4.78, 5) is 4.80. The van der Waals surface area contributed by atoms with Crippen LogP contribution in [0.15, 0.2) is 48.5 Å². The van der Waals surface area contributed by atoms with E-state index in [0.717, 1.165) is 36.9 Å². The van der Waals surface area contributed by atoms with Crippen LogP contribution in [0.2, 0.25) is 0 Å². The Morgan fingerprint density at radius 3 is 1.71 bits per heavy atom. The van der Waals surface area contributed by atoms with Gasteiger partial charge in [0.2, 0.25) is 0 Å². The van der Waals surface area contributed by atoms with Gasteiger partial charge in [-0.25, -0.2) is 0 Å². The molecule has 0 amide bonds. The quantitative estimate of drug-likeness (QED) is 0.483. The summed E-state index contributed by atoms with van der Waals surface area (Å²) >= 11 is 0. The van der Waals surface area contributed by atoms with Crippen LogP contribution in [0.25, 0.3) is 0 Å². The summed E-state index contributed by atoms with van der Waals surface area (Å²) in [7, 11) is 2.16. The minimum absolute atomic E-state index is 0.824. The highest BCUT2D eigenvalue weighted by Crippen LogP contribution is 2.27. The van der Waals surface area contributed by atoms with E-state index in [0.29, 0.717) is 0 Å². The van der Waals surface area contributed by atoms with Gasteiger partial charge in [-0.15, -0.1) is 0 Å². The number of hydrogen-bond acceptors (Lipinski definition) is 4. The summed E-state index contributed by atoms with van der Waals surface area (Å²) < 4.78 is 0. The Kier molecular flexibility index (Phi) is 16.0. The minimum atomic E-state index is 0.824. The van der Waals surface area contributed by atoms with Crippen molar-refractivity contribution in [3.05, 3.63) is 48.5 Å². The molecule has 0 atom stereocenters. The Hall–Kier alpha value is -2.36. The maximum absolute atomic E-state index is 5.78. The number of anilines is 4. The molecule has 31 heavy (non-hydrogen) atoms. The Morgan fingerprint density at radius 2 is 1.23 bits per heavy atom. The molecule has 2 aromatic carbocycles.